The van der Waals surface area contributed by atoms with Crippen LogP contribution in [0.3, 0.4) is 0 Å². The second-order valence-electron chi connectivity index (χ2n) is 4.59. The summed E-state index contributed by atoms with van der Waals surface area (Å²) in [6, 6.07) is 1.91. The van der Waals surface area contributed by atoms with E-state index < -0.39 is 0 Å². The third-order valence-electron chi connectivity index (χ3n) is 2.49. The number of nitrogen functional groups attached to an aromatic ring is 1. The first-order chi connectivity index (χ1) is 8.58. The minimum Gasteiger partial charge on any atom is -0.379 e. The average molecular weight is 313 g/mol. The molecular formula is C12H17BrN4O. The van der Waals surface area contributed by atoms with Gasteiger partial charge in [-0.05, 0) is 27.9 Å². The van der Waals surface area contributed by atoms with Crippen LogP contribution >= 0.6 is 15.9 Å². The van der Waals surface area contributed by atoms with Crippen molar-refractivity contribution in [1.82, 2.24) is 14.5 Å². The molecule has 2 aromatic heterocycles. The molecule has 0 unspecified atom stereocenters. The first kappa shape index (κ1) is 13.3. The molecule has 0 aliphatic carbocycles. The third-order valence-corrected chi connectivity index (χ3v) is 2.93. The standard InChI is InChI=1S/C12H17BrN4O/c1-8(2)7-18-4-3-17-11-10(16-12(17)14)5-9(13)6-15-11/h5-6,8H,3-4,7H2,1-2H3,(H2,14,16). The number of halogens is 1. The Kier molecular flexibility index (Phi) is 4.19. The van der Waals surface area contributed by atoms with E-state index in [9.17, 15) is 0 Å². The fourth-order valence-corrected chi connectivity index (χ4v) is 2.02. The minimum absolute atomic E-state index is 0.476. The fraction of sp³-hybridized carbons (Fsp3) is 0.500. The van der Waals surface area contributed by atoms with Crippen molar-refractivity contribution in [1.29, 1.82) is 0 Å². The normalized spacial score (nSPS) is 11.6. The second-order valence-corrected chi connectivity index (χ2v) is 5.50. The molecule has 0 aliphatic heterocycles. The van der Waals surface area contributed by atoms with Gasteiger partial charge in [-0.25, -0.2) is 9.97 Å². The predicted octanol–water partition coefficient (Wildman–Crippen LogP) is 2.45. The van der Waals surface area contributed by atoms with Crippen LogP contribution < -0.4 is 5.73 Å². The molecule has 98 valence electrons. The highest BCUT2D eigenvalue weighted by molar-refractivity contribution is 9.10. The number of pyridine rings is 1. The maximum atomic E-state index is 5.89. The second kappa shape index (κ2) is 5.67. The number of fused-ring (bicyclic) bond motifs is 1. The van der Waals surface area contributed by atoms with E-state index in [0.717, 1.165) is 22.2 Å². The Labute approximate surface area is 114 Å². The van der Waals surface area contributed by atoms with E-state index in [2.05, 4.69) is 39.7 Å². The van der Waals surface area contributed by atoms with Gasteiger partial charge in [-0.3, -0.25) is 4.57 Å². The van der Waals surface area contributed by atoms with E-state index in [-0.39, 0.29) is 0 Å². The number of nitrogens with zero attached hydrogens (tertiary/aromatic N) is 3. The Bertz CT molecular complexity index is 538. The molecule has 18 heavy (non-hydrogen) atoms. The van der Waals surface area contributed by atoms with Crippen molar-refractivity contribution < 1.29 is 4.74 Å². The van der Waals surface area contributed by atoms with Crippen LogP contribution in [0.2, 0.25) is 0 Å². The van der Waals surface area contributed by atoms with Crippen molar-refractivity contribution in [3.8, 4) is 0 Å². The fourth-order valence-electron chi connectivity index (χ4n) is 1.70. The third kappa shape index (κ3) is 3.00. The van der Waals surface area contributed by atoms with Gasteiger partial charge in [0, 0.05) is 17.3 Å². The number of rotatable bonds is 5. The van der Waals surface area contributed by atoms with E-state index in [4.69, 9.17) is 10.5 Å². The monoisotopic (exact) mass is 312 g/mol. The lowest BCUT2D eigenvalue weighted by Crippen LogP contribution is -2.11. The van der Waals surface area contributed by atoms with Gasteiger partial charge in [0.15, 0.2) is 5.65 Å². The summed E-state index contributed by atoms with van der Waals surface area (Å²) in [6.45, 7) is 6.29. The van der Waals surface area contributed by atoms with Gasteiger partial charge >= 0.3 is 0 Å². The highest BCUT2D eigenvalue weighted by atomic mass is 79.9. The maximum Gasteiger partial charge on any atom is 0.202 e. The Morgan fingerprint density at radius 2 is 2.28 bits per heavy atom. The Morgan fingerprint density at radius 1 is 1.50 bits per heavy atom. The molecule has 0 spiro atoms. The van der Waals surface area contributed by atoms with Crippen molar-refractivity contribution in [2.24, 2.45) is 5.92 Å². The molecule has 0 fully saturated rings. The zero-order valence-corrected chi connectivity index (χ0v) is 12.1. The van der Waals surface area contributed by atoms with Crippen LogP contribution in [-0.4, -0.2) is 27.7 Å². The van der Waals surface area contributed by atoms with Crippen molar-refractivity contribution >= 4 is 33.0 Å². The molecule has 2 N–H and O–H groups in total. The van der Waals surface area contributed by atoms with Gasteiger partial charge in [0.25, 0.3) is 0 Å². The molecule has 0 bridgehead atoms. The molecular weight excluding hydrogens is 296 g/mol. The van der Waals surface area contributed by atoms with Crippen LogP contribution in [0.5, 0.6) is 0 Å². The van der Waals surface area contributed by atoms with E-state index in [1.165, 1.54) is 0 Å². The van der Waals surface area contributed by atoms with E-state index in [1.807, 2.05) is 10.6 Å². The van der Waals surface area contributed by atoms with Gasteiger partial charge in [-0.2, -0.15) is 0 Å². The minimum atomic E-state index is 0.476. The van der Waals surface area contributed by atoms with Crippen LogP contribution in [-0.2, 0) is 11.3 Å². The molecule has 0 amide bonds. The van der Waals surface area contributed by atoms with Gasteiger partial charge in [-0.15, -0.1) is 0 Å². The summed E-state index contributed by atoms with van der Waals surface area (Å²) in [5.74, 6) is 1.01. The first-order valence-corrected chi connectivity index (χ1v) is 6.72. The molecule has 0 aliphatic rings. The van der Waals surface area contributed by atoms with E-state index >= 15 is 0 Å². The van der Waals surface area contributed by atoms with Crippen molar-refractivity contribution in [2.75, 3.05) is 18.9 Å². The maximum absolute atomic E-state index is 5.89. The molecule has 2 rings (SSSR count). The zero-order valence-electron chi connectivity index (χ0n) is 10.6. The average Bonchev–Trinajstić information content (AvgIpc) is 2.59. The van der Waals surface area contributed by atoms with Gasteiger partial charge in [0.1, 0.15) is 5.52 Å². The van der Waals surface area contributed by atoms with Gasteiger partial charge in [0.2, 0.25) is 5.95 Å². The summed E-state index contributed by atoms with van der Waals surface area (Å²) >= 11 is 3.37. The molecule has 0 saturated carbocycles. The summed E-state index contributed by atoms with van der Waals surface area (Å²) < 4.78 is 8.33. The molecule has 5 nitrogen and oxygen atoms in total. The van der Waals surface area contributed by atoms with Crippen LogP contribution in [0.25, 0.3) is 11.2 Å². The number of hydrogen-bond donors (Lipinski definition) is 1. The lowest BCUT2D eigenvalue weighted by Gasteiger charge is -2.08. The first-order valence-electron chi connectivity index (χ1n) is 5.93. The molecule has 0 radical (unpaired) electrons. The number of hydrogen-bond acceptors (Lipinski definition) is 4. The smallest absolute Gasteiger partial charge is 0.202 e. The van der Waals surface area contributed by atoms with Crippen molar-refractivity contribution in [3.63, 3.8) is 0 Å². The van der Waals surface area contributed by atoms with Crippen molar-refractivity contribution in [3.05, 3.63) is 16.7 Å². The summed E-state index contributed by atoms with van der Waals surface area (Å²) in [6.07, 6.45) is 1.74. The number of imidazole rings is 1. The van der Waals surface area contributed by atoms with E-state index in [0.29, 0.717) is 25.0 Å². The summed E-state index contributed by atoms with van der Waals surface area (Å²) in [4.78, 5) is 8.61. The summed E-state index contributed by atoms with van der Waals surface area (Å²) in [5.41, 5.74) is 7.48. The Morgan fingerprint density at radius 3 is 3.00 bits per heavy atom. The number of anilines is 1. The lowest BCUT2D eigenvalue weighted by atomic mass is 10.2. The Hall–Kier alpha value is -1.14. The highest BCUT2D eigenvalue weighted by Gasteiger charge is 2.09. The van der Waals surface area contributed by atoms with Crippen molar-refractivity contribution in [2.45, 2.75) is 20.4 Å². The molecule has 0 saturated heterocycles. The topological polar surface area (TPSA) is 66.0 Å². The lowest BCUT2D eigenvalue weighted by molar-refractivity contribution is 0.104. The highest BCUT2D eigenvalue weighted by Crippen LogP contribution is 2.19. The summed E-state index contributed by atoms with van der Waals surface area (Å²) in [7, 11) is 0. The quantitative estimate of drug-likeness (QED) is 0.861. The van der Waals surface area contributed by atoms with Crippen LogP contribution in [0.1, 0.15) is 13.8 Å². The predicted molar refractivity (Wildman–Crippen MR) is 75.3 cm³/mol. The van der Waals surface area contributed by atoms with Crippen LogP contribution in [0.15, 0.2) is 16.7 Å². The SMILES string of the molecule is CC(C)COCCn1c(N)nc2cc(Br)cnc21. The number of nitrogens with two attached hydrogens (primary N) is 1. The largest absolute Gasteiger partial charge is 0.379 e. The van der Waals surface area contributed by atoms with Gasteiger partial charge < -0.3 is 10.5 Å². The van der Waals surface area contributed by atoms with Crippen LogP contribution in [0.4, 0.5) is 5.95 Å². The number of aromatic nitrogens is 3. The molecule has 0 aromatic carbocycles. The molecule has 2 aromatic rings. The van der Waals surface area contributed by atoms with Crippen LogP contribution in [0, 0.1) is 5.92 Å². The molecule has 2 heterocycles. The van der Waals surface area contributed by atoms with Gasteiger partial charge in [-0.1, -0.05) is 13.8 Å². The summed E-state index contributed by atoms with van der Waals surface area (Å²) in [5, 5.41) is 0. The zero-order chi connectivity index (χ0) is 13.1. The number of ether oxygens (including phenoxy) is 1. The molecule has 0 atom stereocenters. The van der Waals surface area contributed by atoms with E-state index in [1.54, 1.807) is 6.20 Å². The molecule has 6 heteroatoms. The Balaban J connectivity index is 2.10. The van der Waals surface area contributed by atoms with Gasteiger partial charge in [0.05, 0.1) is 13.2 Å².